The summed E-state index contributed by atoms with van der Waals surface area (Å²) in [6, 6.07) is 3.60. The van der Waals surface area contributed by atoms with E-state index >= 15 is 0 Å². The van der Waals surface area contributed by atoms with Crippen LogP contribution in [-0.2, 0) is 16.1 Å². The average molecular weight is 296 g/mol. The monoisotopic (exact) mass is 296 g/mol. The van der Waals surface area contributed by atoms with E-state index in [1.54, 1.807) is 0 Å². The van der Waals surface area contributed by atoms with Gasteiger partial charge in [-0.2, -0.15) is 0 Å². The molecule has 1 aromatic rings. The summed E-state index contributed by atoms with van der Waals surface area (Å²) >= 11 is 0. The predicted octanol–water partition coefficient (Wildman–Crippen LogP) is 4.22. The highest BCUT2D eigenvalue weighted by molar-refractivity contribution is 5.18. The van der Waals surface area contributed by atoms with E-state index in [9.17, 15) is 8.78 Å². The first-order valence-corrected chi connectivity index (χ1v) is 7.60. The maximum Gasteiger partial charge on any atom is 0.131 e. The van der Waals surface area contributed by atoms with Gasteiger partial charge in [-0.05, 0) is 31.7 Å². The highest BCUT2D eigenvalue weighted by Gasteiger charge is 2.60. The van der Waals surface area contributed by atoms with Gasteiger partial charge in [-0.3, -0.25) is 0 Å². The summed E-state index contributed by atoms with van der Waals surface area (Å²) in [7, 11) is 0. The molecular weight excluding hydrogens is 274 g/mol. The van der Waals surface area contributed by atoms with Crippen LogP contribution in [0.4, 0.5) is 8.78 Å². The molecule has 3 rings (SSSR count). The first-order chi connectivity index (χ1) is 9.85. The maximum atomic E-state index is 13.7. The second-order valence-electron chi connectivity index (χ2n) is 6.87. The Labute approximate surface area is 124 Å². The summed E-state index contributed by atoms with van der Waals surface area (Å²) in [5.41, 5.74) is 0.0167. The molecule has 116 valence electrons. The van der Waals surface area contributed by atoms with Crippen molar-refractivity contribution in [3.8, 4) is 0 Å². The van der Waals surface area contributed by atoms with E-state index < -0.39 is 11.6 Å². The number of benzene rings is 1. The topological polar surface area (TPSA) is 18.5 Å². The Morgan fingerprint density at radius 2 is 2.10 bits per heavy atom. The highest BCUT2D eigenvalue weighted by Crippen LogP contribution is 2.55. The molecule has 21 heavy (non-hydrogen) atoms. The summed E-state index contributed by atoms with van der Waals surface area (Å²) in [4.78, 5) is 0. The number of rotatable bonds is 4. The zero-order valence-corrected chi connectivity index (χ0v) is 12.8. The van der Waals surface area contributed by atoms with Crippen LogP contribution in [0.25, 0.3) is 0 Å². The van der Waals surface area contributed by atoms with Gasteiger partial charge in [0.25, 0.3) is 0 Å². The van der Waals surface area contributed by atoms with E-state index in [-0.39, 0.29) is 23.9 Å². The van der Waals surface area contributed by atoms with Gasteiger partial charge in [-0.1, -0.05) is 19.9 Å². The zero-order chi connectivity index (χ0) is 15.3. The minimum absolute atomic E-state index is 0.0295. The molecule has 2 bridgehead atoms. The second kappa shape index (κ2) is 5.03. The molecule has 0 aromatic heterocycles. The van der Waals surface area contributed by atoms with Crippen molar-refractivity contribution in [2.75, 3.05) is 0 Å². The van der Waals surface area contributed by atoms with E-state index in [0.717, 1.165) is 25.3 Å². The van der Waals surface area contributed by atoms with Gasteiger partial charge >= 0.3 is 0 Å². The van der Waals surface area contributed by atoms with Gasteiger partial charge < -0.3 is 9.47 Å². The van der Waals surface area contributed by atoms with E-state index in [1.807, 2.05) is 0 Å². The first kappa shape index (κ1) is 14.9. The summed E-state index contributed by atoms with van der Waals surface area (Å²) in [5, 5.41) is 0. The van der Waals surface area contributed by atoms with Crippen molar-refractivity contribution in [2.24, 2.45) is 5.92 Å². The fourth-order valence-electron chi connectivity index (χ4n) is 3.63. The van der Waals surface area contributed by atoms with Crippen molar-refractivity contribution >= 4 is 0 Å². The smallest absolute Gasteiger partial charge is 0.131 e. The van der Waals surface area contributed by atoms with Crippen LogP contribution < -0.4 is 0 Å². The van der Waals surface area contributed by atoms with Crippen molar-refractivity contribution in [3.05, 3.63) is 35.4 Å². The SMILES string of the molecule is CC(C)C12CCC(C)(O1)C(OCc1ccc(F)cc1F)C2. The number of fused-ring (bicyclic) bond motifs is 2. The minimum atomic E-state index is -0.565. The minimum Gasteiger partial charge on any atom is -0.370 e. The average Bonchev–Trinajstić information content (AvgIpc) is 2.90. The number of hydrogen-bond acceptors (Lipinski definition) is 2. The van der Waals surface area contributed by atoms with Crippen LogP contribution in [0.5, 0.6) is 0 Å². The molecule has 4 heteroatoms. The third-order valence-electron chi connectivity index (χ3n) is 5.20. The molecule has 3 atom stereocenters. The van der Waals surface area contributed by atoms with Crippen LogP contribution >= 0.6 is 0 Å². The van der Waals surface area contributed by atoms with Crippen LogP contribution in [0, 0.1) is 17.6 Å². The van der Waals surface area contributed by atoms with Crippen molar-refractivity contribution in [1.82, 2.24) is 0 Å². The Balaban J connectivity index is 1.69. The fraction of sp³-hybridized carbons (Fsp3) is 0.647. The quantitative estimate of drug-likeness (QED) is 0.828. The molecule has 2 saturated heterocycles. The molecule has 0 aliphatic carbocycles. The predicted molar refractivity (Wildman–Crippen MR) is 75.8 cm³/mol. The molecule has 2 aliphatic heterocycles. The molecule has 0 N–H and O–H groups in total. The number of hydrogen-bond donors (Lipinski definition) is 0. The van der Waals surface area contributed by atoms with Crippen LogP contribution in [0.15, 0.2) is 18.2 Å². The molecular formula is C17H22F2O2. The normalized spacial score (nSPS) is 34.9. The lowest BCUT2D eigenvalue weighted by Crippen LogP contribution is -2.38. The molecule has 3 unspecified atom stereocenters. The Morgan fingerprint density at radius 3 is 2.71 bits per heavy atom. The number of halogens is 2. The lowest BCUT2D eigenvalue weighted by molar-refractivity contribution is -0.0962. The first-order valence-electron chi connectivity index (χ1n) is 7.60. The Morgan fingerprint density at radius 1 is 1.33 bits per heavy atom. The van der Waals surface area contributed by atoms with Gasteiger partial charge in [0.1, 0.15) is 11.6 Å². The molecule has 2 heterocycles. The summed E-state index contributed by atoms with van der Waals surface area (Å²) < 4.78 is 38.8. The van der Waals surface area contributed by atoms with Crippen molar-refractivity contribution < 1.29 is 18.3 Å². The van der Waals surface area contributed by atoms with Gasteiger partial charge in [-0.15, -0.1) is 0 Å². The molecule has 0 amide bonds. The van der Waals surface area contributed by atoms with E-state index in [2.05, 4.69) is 20.8 Å². The van der Waals surface area contributed by atoms with Gasteiger partial charge in [0.05, 0.1) is 23.9 Å². The molecule has 2 fully saturated rings. The number of ether oxygens (including phenoxy) is 2. The molecule has 0 saturated carbocycles. The molecule has 0 spiro atoms. The Bertz CT molecular complexity index is 546. The van der Waals surface area contributed by atoms with Crippen LogP contribution in [-0.4, -0.2) is 17.3 Å². The third kappa shape index (κ3) is 2.49. The Kier molecular flexibility index (Phi) is 3.57. The van der Waals surface area contributed by atoms with Crippen LogP contribution in [0.1, 0.15) is 45.6 Å². The van der Waals surface area contributed by atoms with E-state index in [4.69, 9.17) is 9.47 Å². The Hall–Kier alpha value is -1.00. The zero-order valence-electron chi connectivity index (χ0n) is 12.8. The fourth-order valence-corrected chi connectivity index (χ4v) is 3.63. The molecule has 0 radical (unpaired) electrons. The maximum absolute atomic E-state index is 13.7. The lowest BCUT2D eigenvalue weighted by atomic mass is 9.75. The van der Waals surface area contributed by atoms with E-state index in [0.29, 0.717) is 11.5 Å². The second-order valence-corrected chi connectivity index (χ2v) is 6.87. The largest absolute Gasteiger partial charge is 0.370 e. The van der Waals surface area contributed by atoms with Gasteiger partial charge in [-0.25, -0.2) is 8.78 Å². The summed E-state index contributed by atoms with van der Waals surface area (Å²) in [6.07, 6.45) is 2.86. The third-order valence-corrected chi connectivity index (χ3v) is 5.20. The van der Waals surface area contributed by atoms with Gasteiger partial charge in [0.15, 0.2) is 0 Å². The van der Waals surface area contributed by atoms with E-state index in [1.165, 1.54) is 12.1 Å². The molecule has 2 nitrogen and oxygen atoms in total. The van der Waals surface area contributed by atoms with Crippen LogP contribution in [0.2, 0.25) is 0 Å². The summed E-state index contributed by atoms with van der Waals surface area (Å²) in [5.74, 6) is -0.677. The summed E-state index contributed by atoms with van der Waals surface area (Å²) in [6.45, 7) is 6.58. The van der Waals surface area contributed by atoms with Crippen LogP contribution in [0.3, 0.4) is 0 Å². The van der Waals surface area contributed by atoms with Crippen molar-refractivity contribution in [2.45, 2.75) is 63.9 Å². The van der Waals surface area contributed by atoms with Crippen molar-refractivity contribution in [3.63, 3.8) is 0 Å². The highest BCUT2D eigenvalue weighted by atomic mass is 19.1. The van der Waals surface area contributed by atoms with Gasteiger partial charge in [0.2, 0.25) is 0 Å². The van der Waals surface area contributed by atoms with Crippen molar-refractivity contribution in [1.29, 1.82) is 0 Å². The lowest BCUT2D eigenvalue weighted by Gasteiger charge is -2.31. The standard InChI is InChI=1S/C17H22F2O2/c1-11(2)17-7-6-16(3,21-17)15(9-17)20-10-12-4-5-13(18)8-14(12)19/h4-5,8,11,15H,6-7,9-10H2,1-3H3. The molecule has 1 aromatic carbocycles. The molecule has 2 aliphatic rings. The van der Waals surface area contributed by atoms with Gasteiger partial charge in [0, 0.05) is 18.1 Å².